The predicted molar refractivity (Wildman–Crippen MR) is 82.2 cm³/mol. The molecule has 0 saturated carbocycles. The molecular weight excluding hydrogens is 254 g/mol. The number of unbranched alkanes of at least 4 members (excludes halogenated alkanes) is 3. The number of carboxylic acids is 1. The maximum atomic E-state index is 9.34. The molecule has 0 aliphatic heterocycles. The summed E-state index contributed by atoms with van der Waals surface area (Å²) in [7, 11) is 2.45. The molecule has 0 heterocycles. The van der Waals surface area contributed by atoms with E-state index in [1.54, 1.807) is 0 Å². The summed E-state index contributed by atoms with van der Waals surface area (Å²) in [5.41, 5.74) is 0. The molecule has 0 amide bonds. The van der Waals surface area contributed by atoms with E-state index in [9.17, 15) is 9.90 Å². The van der Waals surface area contributed by atoms with Crippen LogP contribution in [0.3, 0.4) is 0 Å². The van der Waals surface area contributed by atoms with Crippen LogP contribution in [-0.2, 0) is 4.79 Å². The molecule has 0 aliphatic carbocycles. The van der Waals surface area contributed by atoms with Crippen LogP contribution in [0.15, 0.2) is 0 Å². The van der Waals surface area contributed by atoms with E-state index in [1.165, 1.54) is 62.6 Å². The van der Waals surface area contributed by atoms with Crippen molar-refractivity contribution in [3.05, 3.63) is 0 Å². The molecule has 1 N–H and O–H groups in total. The number of aliphatic hydroxyl groups excluding tert-OH is 1. The standard InChI is InChI=1S/C13H30N.C3H6O3/c1-5-8-11-14(4,12-9-6-2)13-10-7-3;1-2(4)3(5)6/h5-13H2,1-4H3;2,4H,1H3,(H,5,6)/q+1;/p-1/t;2-/m.0/s1. The average Bonchev–Trinajstić information content (AvgIpc) is 2.41. The topological polar surface area (TPSA) is 60.4 Å². The Morgan fingerprint density at radius 2 is 1.25 bits per heavy atom. The summed E-state index contributed by atoms with van der Waals surface area (Å²) in [6, 6.07) is 0. The van der Waals surface area contributed by atoms with Gasteiger partial charge in [0.1, 0.15) is 0 Å². The van der Waals surface area contributed by atoms with Crippen LogP contribution >= 0.6 is 0 Å². The minimum Gasteiger partial charge on any atom is -0.547 e. The van der Waals surface area contributed by atoms with E-state index < -0.39 is 12.1 Å². The third kappa shape index (κ3) is 13.8. The van der Waals surface area contributed by atoms with Crippen LogP contribution < -0.4 is 5.11 Å². The zero-order chi connectivity index (χ0) is 16.0. The fourth-order valence-electron chi connectivity index (χ4n) is 1.95. The second kappa shape index (κ2) is 13.4. The van der Waals surface area contributed by atoms with Gasteiger partial charge in [0.2, 0.25) is 0 Å². The van der Waals surface area contributed by atoms with Crippen molar-refractivity contribution in [3.8, 4) is 0 Å². The summed E-state index contributed by atoms with van der Waals surface area (Å²) in [5.74, 6) is -1.44. The largest absolute Gasteiger partial charge is 0.547 e. The minimum absolute atomic E-state index is 1.13. The Morgan fingerprint density at radius 3 is 1.40 bits per heavy atom. The van der Waals surface area contributed by atoms with Crippen molar-refractivity contribution in [2.75, 3.05) is 26.7 Å². The molecule has 0 aromatic heterocycles. The first-order chi connectivity index (χ1) is 9.32. The van der Waals surface area contributed by atoms with Crippen molar-refractivity contribution in [3.63, 3.8) is 0 Å². The van der Waals surface area contributed by atoms with Crippen molar-refractivity contribution in [1.29, 1.82) is 0 Å². The Kier molecular flexibility index (Phi) is 14.5. The summed E-state index contributed by atoms with van der Waals surface area (Å²) in [5, 5.41) is 17.3. The molecule has 0 saturated heterocycles. The first-order valence-electron chi connectivity index (χ1n) is 8.05. The van der Waals surface area contributed by atoms with Gasteiger partial charge in [-0.2, -0.15) is 0 Å². The number of aliphatic carboxylic acids is 1. The van der Waals surface area contributed by atoms with Gasteiger partial charge in [-0.25, -0.2) is 0 Å². The number of nitrogens with zero attached hydrogens (tertiary/aromatic N) is 1. The van der Waals surface area contributed by atoms with Gasteiger partial charge in [0.15, 0.2) is 0 Å². The molecule has 0 radical (unpaired) electrons. The van der Waals surface area contributed by atoms with E-state index in [0.29, 0.717) is 0 Å². The lowest BCUT2D eigenvalue weighted by molar-refractivity contribution is -0.910. The smallest absolute Gasteiger partial charge is 0.0905 e. The number of quaternary nitrogens is 1. The fourth-order valence-corrected chi connectivity index (χ4v) is 1.95. The highest BCUT2D eigenvalue weighted by Gasteiger charge is 2.18. The molecule has 4 nitrogen and oxygen atoms in total. The Labute approximate surface area is 125 Å². The minimum atomic E-state index is -1.44. The number of carbonyl (C=O) groups is 1. The van der Waals surface area contributed by atoms with E-state index in [2.05, 4.69) is 27.8 Å². The van der Waals surface area contributed by atoms with E-state index in [0.717, 1.165) is 6.92 Å². The third-order valence-electron chi connectivity index (χ3n) is 3.50. The lowest BCUT2D eigenvalue weighted by Gasteiger charge is -2.34. The van der Waals surface area contributed by atoms with Gasteiger partial charge in [0, 0.05) is 0 Å². The number of aliphatic hydroxyl groups is 1. The number of rotatable bonds is 10. The average molecular weight is 289 g/mol. The second-order valence-electron chi connectivity index (χ2n) is 5.85. The molecular formula is C16H35NO3. The molecule has 4 heteroatoms. The van der Waals surface area contributed by atoms with E-state index in [4.69, 9.17) is 5.11 Å². The van der Waals surface area contributed by atoms with Gasteiger partial charge in [-0.15, -0.1) is 0 Å². The van der Waals surface area contributed by atoms with Gasteiger partial charge < -0.3 is 19.5 Å². The highest BCUT2D eigenvalue weighted by Crippen LogP contribution is 2.10. The van der Waals surface area contributed by atoms with E-state index in [-0.39, 0.29) is 0 Å². The molecule has 20 heavy (non-hydrogen) atoms. The highest BCUT2D eigenvalue weighted by atomic mass is 16.4. The Balaban J connectivity index is 0. The Bertz CT molecular complexity index is 208. The van der Waals surface area contributed by atoms with E-state index >= 15 is 0 Å². The van der Waals surface area contributed by atoms with Crippen molar-refractivity contribution in [1.82, 2.24) is 0 Å². The van der Waals surface area contributed by atoms with Gasteiger partial charge in [-0.05, 0) is 26.2 Å². The van der Waals surface area contributed by atoms with Crippen LogP contribution in [0.25, 0.3) is 0 Å². The molecule has 0 aromatic rings. The lowest BCUT2D eigenvalue weighted by Crippen LogP contribution is -2.46. The molecule has 0 rings (SSSR count). The summed E-state index contributed by atoms with van der Waals surface area (Å²) in [6.45, 7) is 12.2. The summed E-state index contributed by atoms with van der Waals surface area (Å²) in [4.78, 5) is 9.34. The number of carbonyl (C=O) groups excluding carboxylic acids is 1. The van der Waals surface area contributed by atoms with Gasteiger partial charge in [-0.1, -0.05) is 40.0 Å². The van der Waals surface area contributed by atoms with E-state index in [1.807, 2.05) is 0 Å². The maximum absolute atomic E-state index is 9.34. The summed E-state index contributed by atoms with van der Waals surface area (Å²) >= 11 is 0. The van der Waals surface area contributed by atoms with Crippen LogP contribution in [0.5, 0.6) is 0 Å². The van der Waals surface area contributed by atoms with Gasteiger partial charge >= 0.3 is 0 Å². The Morgan fingerprint density at radius 1 is 1.00 bits per heavy atom. The maximum Gasteiger partial charge on any atom is 0.0905 e. The molecule has 122 valence electrons. The first kappa shape index (κ1) is 21.7. The fraction of sp³-hybridized carbons (Fsp3) is 0.938. The molecule has 0 aromatic carbocycles. The molecule has 0 bridgehead atoms. The third-order valence-corrected chi connectivity index (χ3v) is 3.50. The van der Waals surface area contributed by atoms with Crippen LogP contribution in [0.2, 0.25) is 0 Å². The zero-order valence-electron chi connectivity index (χ0n) is 14.2. The summed E-state index contributed by atoms with van der Waals surface area (Å²) in [6.07, 6.45) is 6.85. The SMILES string of the molecule is CCCC[N+](C)(CCCC)CCCC.C[C@H](O)C(=O)[O-]. The normalized spacial score (nSPS) is 12.5. The molecule has 0 unspecified atom stereocenters. The van der Waals surface area contributed by atoms with Crippen molar-refractivity contribution in [2.45, 2.75) is 72.3 Å². The van der Waals surface area contributed by atoms with Gasteiger partial charge in [-0.3, -0.25) is 0 Å². The van der Waals surface area contributed by atoms with Crippen LogP contribution in [0.1, 0.15) is 66.2 Å². The van der Waals surface area contributed by atoms with Gasteiger partial charge in [0.25, 0.3) is 0 Å². The highest BCUT2D eigenvalue weighted by molar-refractivity contribution is 5.68. The zero-order valence-corrected chi connectivity index (χ0v) is 14.2. The summed E-state index contributed by atoms with van der Waals surface area (Å²) < 4.78 is 1.32. The molecule has 0 spiro atoms. The quantitative estimate of drug-likeness (QED) is 0.625. The molecule has 0 fully saturated rings. The predicted octanol–water partition coefficient (Wildman–Crippen LogP) is 1.95. The van der Waals surface area contributed by atoms with Crippen molar-refractivity contribution in [2.24, 2.45) is 0 Å². The van der Waals surface area contributed by atoms with Crippen LogP contribution in [0, 0.1) is 0 Å². The number of hydrogen-bond donors (Lipinski definition) is 1. The number of hydrogen-bond acceptors (Lipinski definition) is 3. The Hall–Kier alpha value is -0.610. The van der Waals surface area contributed by atoms with Gasteiger partial charge in [0.05, 0.1) is 38.8 Å². The molecule has 1 atom stereocenters. The lowest BCUT2D eigenvalue weighted by atomic mass is 10.2. The second-order valence-corrected chi connectivity index (χ2v) is 5.85. The number of carboxylic acid groups (broad SMARTS) is 1. The van der Waals surface area contributed by atoms with Crippen LogP contribution in [0.4, 0.5) is 0 Å². The monoisotopic (exact) mass is 289 g/mol. The van der Waals surface area contributed by atoms with Crippen molar-refractivity contribution >= 4 is 5.97 Å². The van der Waals surface area contributed by atoms with Crippen LogP contribution in [-0.4, -0.2) is 48.3 Å². The molecule has 0 aliphatic rings. The first-order valence-corrected chi connectivity index (χ1v) is 8.05. The van der Waals surface area contributed by atoms with Crippen molar-refractivity contribution < 1.29 is 19.5 Å².